The summed E-state index contributed by atoms with van der Waals surface area (Å²) in [6.07, 6.45) is 1.57. The van der Waals surface area contributed by atoms with Crippen molar-refractivity contribution in [2.75, 3.05) is 28.7 Å². The second-order valence-electron chi connectivity index (χ2n) is 5.22. The molecule has 1 unspecified atom stereocenters. The lowest BCUT2D eigenvalue weighted by Crippen LogP contribution is -2.35. The van der Waals surface area contributed by atoms with Crippen LogP contribution in [-0.2, 0) is 9.84 Å². The standard InChI is InChI=1S/C13H22N4O2S/c1-4-14-12-9(2)13(16-10(3)15-12)17-11-6-5-7-20(18,19)8-11/h11H,4-8H2,1-3H3,(H2,14,15,16,17). The van der Waals surface area contributed by atoms with Crippen LogP contribution in [0.5, 0.6) is 0 Å². The van der Waals surface area contributed by atoms with Gasteiger partial charge in [0.25, 0.3) is 0 Å². The van der Waals surface area contributed by atoms with Crippen molar-refractivity contribution in [3.05, 3.63) is 11.4 Å². The summed E-state index contributed by atoms with van der Waals surface area (Å²) >= 11 is 0. The summed E-state index contributed by atoms with van der Waals surface area (Å²) in [7, 11) is -2.92. The first kappa shape index (κ1) is 15.0. The number of sulfone groups is 1. The molecule has 0 bridgehead atoms. The summed E-state index contributed by atoms with van der Waals surface area (Å²) in [5.74, 6) is 2.70. The average Bonchev–Trinajstić information content (AvgIpc) is 2.34. The van der Waals surface area contributed by atoms with Crippen molar-refractivity contribution in [3.8, 4) is 0 Å². The normalized spacial score (nSPS) is 21.4. The van der Waals surface area contributed by atoms with Crippen LogP contribution in [0.2, 0.25) is 0 Å². The van der Waals surface area contributed by atoms with Gasteiger partial charge in [-0.05, 0) is 33.6 Å². The smallest absolute Gasteiger partial charge is 0.152 e. The molecule has 2 rings (SSSR count). The van der Waals surface area contributed by atoms with E-state index >= 15 is 0 Å². The highest BCUT2D eigenvalue weighted by Gasteiger charge is 2.25. The molecule has 0 amide bonds. The van der Waals surface area contributed by atoms with Gasteiger partial charge in [0.15, 0.2) is 9.84 Å². The van der Waals surface area contributed by atoms with Crippen LogP contribution in [0.3, 0.4) is 0 Å². The molecular weight excluding hydrogens is 276 g/mol. The van der Waals surface area contributed by atoms with E-state index in [1.54, 1.807) is 0 Å². The minimum absolute atomic E-state index is 0.0590. The zero-order valence-corrected chi connectivity index (χ0v) is 13.0. The van der Waals surface area contributed by atoms with Gasteiger partial charge in [-0.3, -0.25) is 0 Å². The lowest BCUT2D eigenvalue weighted by molar-refractivity contribution is 0.561. The van der Waals surface area contributed by atoms with Crippen LogP contribution in [0.4, 0.5) is 11.6 Å². The van der Waals surface area contributed by atoms with Crippen LogP contribution >= 0.6 is 0 Å². The first-order chi connectivity index (χ1) is 9.41. The fourth-order valence-corrected chi connectivity index (χ4v) is 4.07. The number of nitrogens with zero attached hydrogens (tertiary/aromatic N) is 2. The highest BCUT2D eigenvalue weighted by atomic mass is 32.2. The number of hydrogen-bond donors (Lipinski definition) is 2. The van der Waals surface area contributed by atoms with E-state index in [2.05, 4.69) is 20.6 Å². The highest BCUT2D eigenvalue weighted by Crippen LogP contribution is 2.23. The van der Waals surface area contributed by atoms with E-state index in [9.17, 15) is 8.42 Å². The molecule has 112 valence electrons. The Kier molecular flexibility index (Phi) is 4.47. The van der Waals surface area contributed by atoms with Gasteiger partial charge in [-0.15, -0.1) is 0 Å². The van der Waals surface area contributed by atoms with Gasteiger partial charge >= 0.3 is 0 Å². The predicted octanol–water partition coefficient (Wildman–Crippen LogP) is 1.51. The van der Waals surface area contributed by atoms with Crippen molar-refractivity contribution in [3.63, 3.8) is 0 Å². The molecule has 1 saturated heterocycles. The third kappa shape index (κ3) is 3.59. The Labute approximate surface area is 120 Å². The van der Waals surface area contributed by atoms with E-state index in [1.165, 1.54) is 0 Å². The van der Waals surface area contributed by atoms with Gasteiger partial charge in [-0.25, -0.2) is 18.4 Å². The second-order valence-corrected chi connectivity index (χ2v) is 7.45. The molecule has 1 aliphatic rings. The molecule has 1 atom stereocenters. The maximum Gasteiger partial charge on any atom is 0.152 e. The maximum absolute atomic E-state index is 11.7. The third-order valence-electron chi connectivity index (χ3n) is 3.41. The lowest BCUT2D eigenvalue weighted by atomic mass is 10.2. The van der Waals surface area contributed by atoms with E-state index in [4.69, 9.17) is 0 Å². The molecule has 1 aliphatic heterocycles. The fourth-order valence-electron chi connectivity index (χ4n) is 2.44. The van der Waals surface area contributed by atoms with Crippen molar-refractivity contribution in [2.45, 2.75) is 39.7 Å². The molecule has 2 heterocycles. The monoisotopic (exact) mass is 298 g/mol. The van der Waals surface area contributed by atoms with E-state index in [1.807, 2.05) is 20.8 Å². The van der Waals surface area contributed by atoms with Crippen molar-refractivity contribution in [1.82, 2.24) is 9.97 Å². The summed E-state index contributed by atoms with van der Waals surface area (Å²) in [4.78, 5) is 8.76. The van der Waals surface area contributed by atoms with E-state index in [0.717, 1.165) is 30.2 Å². The molecule has 1 fully saturated rings. The van der Waals surface area contributed by atoms with Gasteiger partial charge in [0.05, 0.1) is 11.5 Å². The van der Waals surface area contributed by atoms with E-state index in [0.29, 0.717) is 18.0 Å². The van der Waals surface area contributed by atoms with Gasteiger partial charge in [0.1, 0.15) is 17.5 Å². The van der Waals surface area contributed by atoms with Crippen LogP contribution in [0, 0.1) is 13.8 Å². The molecule has 0 spiro atoms. The summed E-state index contributed by atoms with van der Waals surface area (Å²) in [5.41, 5.74) is 0.931. The zero-order chi connectivity index (χ0) is 14.8. The number of anilines is 2. The Morgan fingerprint density at radius 3 is 2.60 bits per heavy atom. The first-order valence-corrected chi connectivity index (χ1v) is 8.79. The number of aromatic nitrogens is 2. The predicted molar refractivity (Wildman–Crippen MR) is 81.0 cm³/mol. The third-order valence-corrected chi connectivity index (χ3v) is 5.23. The number of hydrogen-bond acceptors (Lipinski definition) is 6. The van der Waals surface area contributed by atoms with Gasteiger partial charge in [-0.1, -0.05) is 0 Å². The van der Waals surface area contributed by atoms with Crippen molar-refractivity contribution < 1.29 is 8.42 Å². The summed E-state index contributed by atoms with van der Waals surface area (Å²) in [6, 6.07) is -0.0590. The summed E-state index contributed by atoms with van der Waals surface area (Å²) in [5, 5.41) is 6.48. The largest absolute Gasteiger partial charge is 0.370 e. The Hall–Kier alpha value is -1.37. The highest BCUT2D eigenvalue weighted by molar-refractivity contribution is 7.91. The van der Waals surface area contributed by atoms with Crippen LogP contribution in [0.25, 0.3) is 0 Å². The molecule has 1 aromatic rings. The molecule has 0 aliphatic carbocycles. The fraction of sp³-hybridized carbons (Fsp3) is 0.692. The van der Waals surface area contributed by atoms with Crippen LogP contribution in [0.15, 0.2) is 0 Å². The number of nitrogens with one attached hydrogen (secondary N) is 2. The Morgan fingerprint density at radius 2 is 1.95 bits per heavy atom. The molecule has 0 radical (unpaired) electrons. The SMILES string of the molecule is CCNc1nc(C)nc(NC2CCCS(=O)(=O)C2)c1C. The minimum atomic E-state index is -2.92. The molecule has 20 heavy (non-hydrogen) atoms. The average molecular weight is 298 g/mol. The van der Waals surface area contributed by atoms with Crippen LogP contribution < -0.4 is 10.6 Å². The van der Waals surface area contributed by atoms with E-state index < -0.39 is 9.84 Å². The Balaban J connectivity index is 2.20. The summed E-state index contributed by atoms with van der Waals surface area (Å²) < 4.78 is 23.4. The molecule has 0 saturated carbocycles. The Morgan fingerprint density at radius 1 is 1.25 bits per heavy atom. The molecule has 7 heteroatoms. The quantitative estimate of drug-likeness (QED) is 0.876. The van der Waals surface area contributed by atoms with E-state index in [-0.39, 0.29) is 11.8 Å². The zero-order valence-electron chi connectivity index (χ0n) is 12.2. The van der Waals surface area contributed by atoms with Crippen molar-refractivity contribution in [1.29, 1.82) is 0 Å². The van der Waals surface area contributed by atoms with Crippen molar-refractivity contribution in [2.24, 2.45) is 0 Å². The molecule has 2 N–H and O–H groups in total. The van der Waals surface area contributed by atoms with Crippen LogP contribution in [0.1, 0.15) is 31.2 Å². The molecular formula is C13H22N4O2S. The first-order valence-electron chi connectivity index (χ1n) is 6.97. The second kappa shape index (κ2) is 5.95. The van der Waals surface area contributed by atoms with Gasteiger partial charge in [-0.2, -0.15) is 0 Å². The number of aryl methyl sites for hydroxylation is 1. The molecule has 0 aromatic carbocycles. The lowest BCUT2D eigenvalue weighted by Gasteiger charge is -2.24. The summed E-state index contributed by atoms with van der Waals surface area (Å²) in [6.45, 7) is 6.58. The Bertz CT molecular complexity index is 586. The van der Waals surface area contributed by atoms with Crippen molar-refractivity contribution >= 4 is 21.5 Å². The maximum atomic E-state index is 11.7. The minimum Gasteiger partial charge on any atom is -0.370 e. The molecule has 1 aromatic heterocycles. The number of rotatable bonds is 4. The molecule has 6 nitrogen and oxygen atoms in total. The van der Waals surface area contributed by atoms with Gasteiger partial charge in [0, 0.05) is 18.2 Å². The topological polar surface area (TPSA) is 84.0 Å². The van der Waals surface area contributed by atoms with Gasteiger partial charge in [0.2, 0.25) is 0 Å². The van der Waals surface area contributed by atoms with Crippen LogP contribution in [-0.4, -0.2) is 42.5 Å². The van der Waals surface area contributed by atoms with Gasteiger partial charge < -0.3 is 10.6 Å².